The Hall–Kier alpha value is -3.35. The number of nitrogens with zero attached hydrogens (tertiary/aromatic N) is 1. The van der Waals surface area contributed by atoms with E-state index < -0.39 is 12.1 Å². The predicted octanol–water partition coefficient (Wildman–Crippen LogP) is 2.86. The van der Waals surface area contributed by atoms with Gasteiger partial charge < -0.3 is 20.2 Å². The number of para-hydroxylation sites is 1. The Bertz CT molecular complexity index is 900. The van der Waals surface area contributed by atoms with Gasteiger partial charge in [0, 0.05) is 5.56 Å². The Balaban J connectivity index is 1.89. The van der Waals surface area contributed by atoms with E-state index in [1.807, 2.05) is 6.07 Å². The second kappa shape index (κ2) is 6.41. The van der Waals surface area contributed by atoms with E-state index in [1.54, 1.807) is 43.3 Å². The van der Waals surface area contributed by atoms with Gasteiger partial charge in [-0.2, -0.15) is 0 Å². The summed E-state index contributed by atoms with van der Waals surface area (Å²) in [4.78, 5) is 30.3. The molecule has 24 heavy (non-hydrogen) atoms. The first-order chi connectivity index (χ1) is 11.6. The highest BCUT2D eigenvalue weighted by atomic mass is 16.7. The van der Waals surface area contributed by atoms with Crippen LogP contribution in [0, 0.1) is 0 Å². The molecule has 0 bridgehead atoms. The van der Waals surface area contributed by atoms with Gasteiger partial charge in [0.15, 0.2) is 0 Å². The number of hydrogen-bond donors (Lipinski definition) is 2. The molecule has 1 heterocycles. The Morgan fingerprint density at radius 3 is 2.58 bits per heavy atom. The molecule has 3 N–H and O–H groups in total. The van der Waals surface area contributed by atoms with Crippen molar-refractivity contribution in [3.63, 3.8) is 0 Å². The van der Waals surface area contributed by atoms with Crippen LogP contribution in [0.15, 0.2) is 42.5 Å². The number of H-pyrrole nitrogens is 1. The van der Waals surface area contributed by atoms with Crippen molar-refractivity contribution >= 4 is 23.1 Å². The maximum absolute atomic E-state index is 11.5. The standard InChI is InChI=1S/C17H15N3O4/c1-2-23-17(22)24-11-8-6-10(7-9-11)16-19-13-5-3-4-12(15(18)21)14(13)20-16/h3-9H,2H2,1H3,(H2,18,21)(H,19,20). The third-order valence-corrected chi connectivity index (χ3v) is 3.37. The zero-order valence-electron chi connectivity index (χ0n) is 12.9. The van der Waals surface area contributed by atoms with Gasteiger partial charge in [-0.05, 0) is 43.3 Å². The number of benzene rings is 2. The first kappa shape index (κ1) is 15.5. The van der Waals surface area contributed by atoms with Crippen LogP contribution in [0.5, 0.6) is 5.75 Å². The van der Waals surface area contributed by atoms with Crippen LogP contribution in [0.1, 0.15) is 17.3 Å². The molecule has 0 atom stereocenters. The smallest absolute Gasteiger partial charge is 0.434 e. The lowest BCUT2D eigenvalue weighted by Gasteiger charge is -2.04. The Morgan fingerprint density at radius 1 is 1.17 bits per heavy atom. The highest BCUT2D eigenvalue weighted by Crippen LogP contribution is 2.24. The Kier molecular flexibility index (Phi) is 4.15. The van der Waals surface area contributed by atoms with Crippen molar-refractivity contribution in [3.05, 3.63) is 48.0 Å². The van der Waals surface area contributed by atoms with Crippen molar-refractivity contribution < 1.29 is 19.1 Å². The van der Waals surface area contributed by atoms with Gasteiger partial charge in [0.1, 0.15) is 17.1 Å². The van der Waals surface area contributed by atoms with Gasteiger partial charge in [0.2, 0.25) is 0 Å². The van der Waals surface area contributed by atoms with Crippen LogP contribution in [0.2, 0.25) is 0 Å². The maximum Gasteiger partial charge on any atom is 0.513 e. The van der Waals surface area contributed by atoms with E-state index in [4.69, 9.17) is 15.2 Å². The first-order valence-corrected chi connectivity index (χ1v) is 7.32. The molecule has 0 fully saturated rings. The Morgan fingerprint density at radius 2 is 1.92 bits per heavy atom. The molecule has 1 amide bonds. The molecule has 2 aromatic carbocycles. The fourth-order valence-electron chi connectivity index (χ4n) is 2.29. The third-order valence-electron chi connectivity index (χ3n) is 3.37. The lowest BCUT2D eigenvalue weighted by molar-refractivity contribution is 0.0999. The van der Waals surface area contributed by atoms with Crippen molar-refractivity contribution in [3.8, 4) is 17.1 Å². The van der Waals surface area contributed by atoms with E-state index in [-0.39, 0.29) is 6.61 Å². The van der Waals surface area contributed by atoms with Gasteiger partial charge in [-0.15, -0.1) is 0 Å². The summed E-state index contributed by atoms with van der Waals surface area (Å²) in [7, 11) is 0. The van der Waals surface area contributed by atoms with Crippen LogP contribution in [0.25, 0.3) is 22.4 Å². The van der Waals surface area contributed by atoms with Gasteiger partial charge in [-0.25, -0.2) is 9.78 Å². The van der Waals surface area contributed by atoms with Crippen molar-refractivity contribution in [1.29, 1.82) is 0 Å². The largest absolute Gasteiger partial charge is 0.513 e. The van der Waals surface area contributed by atoms with Crippen molar-refractivity contribution in [1.82, 2.24) is 9.97 Å². The highest BCUT2D eigenvalue weighted by Gasteiger charge is 2.12. The molecule has 1 aromatic heterocycles. The van der Waals surface area contributed by atoms with Crippen LogP contribution >= 0.6 is 0 Å². The fraction of sp³-hybridized carbons (Fsp3) is 0.118. The summed E-state index contributed by atoms with van der Waals surface area (Å²) in [5.41, 5.74) is 7.74. The van der Waals surface area contributed by atoms with Gasteiger partial charge >= 0.3 is 6.16 Å². The molecule has 0 unspecified atom stereocenters. The molecule has 7 heteroatoms. The van der Waals surface area contributed by atoms with Crippen LogP contribution in [-0.4, -0.2) is 28.6 Å². The van der Waals surface area contributed by atoms with E-state index in [9.17, 15) is 9.59 Å². The predicted molar refractivity (Wildman–Crippen MR) is 87.7 cm³/mol. The number of amides is 1. The molecule has 0 radical (unpaired) electrons. The van der Waals surface area contributed by atoms with E-state index in [0.717, 1.165) is 5.56 Å². The molecule has 0 spiro atoms. The topological polar surface area (TPSA) is 107 Å². The van der Waals surface area contributed by atoms with E-state index in [0.29, 0.717) is 28.2 Å². The zero-order valence-corrected chi connectivity index (χ0v) is 12.9. The van der Waals surface area contributed by atoms with Crippen LogP contribution in [0.3, 0.4) is 0 Å². The van der Waals surface area contributed by atoms with Crippen molar-refractivity contribution in [2.75, 3.05) is 6.61 Å². The number of fused-ring (bicyclic) bond motifs is 1. The van der Waals surface area contributed by atoms with E-state index in [2.05, 4.69) is 9.97 Å². The number of aromatic amines is 1. The molecule has 0 aliphatic heterocycles. The minimum Gasteiger partial charge on any atom is -0.434 e. The summed E-state index contributed by atoms with van der Waals surface area (Å²) in [6.45, 7) is 1.95. The number of hydrogen-bond acceptors (Lipinski definition) is 5. The average molecular weight is 325 g/mol. The summed E-state index contributed by atoms with van der Waals surface area (Å²) < 4.78 is 9.71. The number of carbonyl (C=O) groups is 2. The quantitative estimate of drug-likeness (QED) is 0.566. The average Bonchev–Trinajstić information content (AvgIpc) is 2.99. The number of aromatic nitrogens is 2. The lowest BCUT2D eigenvalue weighted by atomic mass is 10.2. The van der Waals surface area contributed by atoms with Gasteiger partial charge in [-0.3, -0.25) is 4.79 Å². The van der Waals surface area contributed by atoms with Crippen LogP contribution in [-0.2, 0) is 4.74 Å². The SMILES string of the molecule is CCOC(=O)Oc1ccc(-c2nc3c(C(N)=O)cccc3[nH]2)cc1. The molecule has 0 aliphatic carbocycles. The fourth-order valence-corrected chi connectivity index (χ4v) is 2.29. The monoisotopic (exact) mass is 325 g/mol. The Labute approximate surface area is 137 Å². The molecule has 3 rings (SSSR count). The van der Waals surface area contributed by atoms with Gasteiger partial charge in [0.05, 0.1) is 17.7 Å². The minimum atomic E-state index is -0.750. The second-order valence-corrected chi connectivity index (χ2v) is 4.96. The zero-order chi connectivity index (χ0) is 17.1. The number of carbonyl (C=O) groups excluding carboxylic acids is 2. The molecule has 3 aromatic rings. The summed E-state index contributed by atoms with van der Waals surface area (Å²) in [6, 6.07) is 11.9. The number of primary amides is 1. The van der Waals surface area contributed by atoms with E-state index in [1.165, 1.54) is 0 Å². The lowest BCUT2D eigenvalue weighted by Crippen LogP contribution is -2.11. The van der Waals surface area contributed by atoms with Gasteiger partial charge in [0.25, 0.3) is 5.91 Å². The molecule has 0 saturated heterocycles. The summed E-state index contributed by atoms with van der Waals surface area (Å²) in [5, 5.41) is 0. The second-order valence-electron chi connectivity index (χ2n) is 4.96. The summed E-state index contributed by atoms with van der Waals surface area (Å²) in [6.07, 6.45) is -0.750. The summed E-state index contributed by atoms with van der Waals surface area (Å²) >= 11 is 0. The van der Waals surface area contributed by atoms with Crippen molar-refractivity contribution in [2.45, 2.75) is 6.92 Å². The van der Waals surface area contributed by atoms with Gasteiger partial charge in [-0.1, -0.05) is 6.07 Å². The van der Waals surface area contributed by atoms with E-state index >= 15 is 0 Å². The molecule has 0 aliphatic rings. The van der Waals surface area contributed by atoms with Crippen molar-refractivity contribution in [2.24, 2.45) is 5.73 Å². The molecule has 0 saturated carbocycles. The number of imidazole rings is 1. The third kappa shape index (κ3) is 3.05. The van der Waals surface area contributed by atoms with Crippen LogP contribution in [0.4, 0.5) is 4.79 Å². The molecule has 122 valence electrons. The molecular formula is C17H15N3O4. The summed E-state index contributed by atoms with van der Waals surface area (Å²) in [5.74, 6) is 0.421. The van der Waals surface area contributed by atoms with Crippen LogP contribution < -0.4 is 10.5 Å². The maximum atomic E-state index is 11.5. The highest BCUT2D eigenvalue weighted by molar-refractivity contribution is 6.04. The number of nitrogens with two attached hydrogens (primary N) is 1. The number of ether oxygens (including phenoxy) is 2. The minimum absolute atomic E-state index is 0.248. The molecular weight excluding hydrogens is 310 g/mol. The number of rotatable bonds is 4. The normalized spacial score (nSPS) is 10.5. The number of nitrogens with one attached hydrogen (secondary N) is 1. The molecule has 7 nitrogen and oxygen atoms in total. The first-order valence-electron chi connectivity index (χ1n) is 7.32.